The van der Waals surface area contributed by atoms with Gasteiger partial charge in [0, 0.05) is 17.5 Å². The van der Waals surface area contributed by atoms with Gasteiger partial charge in [0.2, 0.25) is 0 Å². The molecule has 4 rings (SSSR count). The van der Waals surface area contributed by atoms with Gasteiger partial charge in [0.1, 0.15) is 0 Å². The Balaban J connectivity index is 1.76. The number of hydrogen-bond acceptors (Lipinski definition) is 4. The Bertz CT molecular complexity index is 812. The first kappa shape index (κ1) is 15.3. The van der Waals surface area contributed by atoms with E-state index in [1.807, 2.05) is 24.3 Å². The zero-order valence-electron chi connectivity index (χ0n) is 13.7. The highest BCUT2D eigenvalue weighted by atomic mass is 16.5. The van der Waals surface area contributed by atoms with Gasteiger partial charge in [-0.1, -0.05) is 18.2 Å². The number of fused-ring (bicyclic) bond motifs is 2. The van der Waals surface area contributed by atoms with Crippen molar-refractivity contribution in [1.29, 1.82) is 0 Å². The average Bonchev–Trinajstić information content (AvgIpc) is 2.61. The SMILES string of the molecule is O=C(O[C@H]1CCCCC1=O)c1c2c(nc3ccccc13)CCCC2. The number of aryl methyl sites for hydroxylation is 1. The molecule has 1 fully saturated rings. The molecule has 4 nitrogen and oxygen atoms in total. The topological polar surface area (TPSA) is 56.3 Å². The Morgan fingerprint density at radius 1 is 1.04 bits per heavy atom. The number of esters is 1. The van der Waals surface area contributed by atoms with E-state index >= 15 is 0 Å². The minimum atomic E-state index is -0.572. The molecule has 0 amide bonds. The summed E-state index contributed by atoms with van der Waals surface area (Å²) < 4.78 is 5.65. The highest BCUT2D eigenvalue weighted by Crippen LogP contribution is 2.30. The van der Waals surface area contributed by atoms with Gasteiger partial charge in [-0.15, -0.1) is 0 Å². The summed E-state index contributed by atoms with van der Waals surface area (Å²) in [6.45, 7) is 0. The Kier molecular flexibility index (Phi) is 4.05. The molecular weight excluding hydrogens is 302 g/mol. The van der Waals surface area contributed by atoms with Gasteiger partial charge in [0.05, 0.1) is 11.1 Å². The number of Topliss-reactive ketones (excluding diaryl/α,β-unsaturated/α-hetero) is 1. The highest BCUT2D eigenvalue weighted by Gasteiger charge is 2.29. The van der Waals surface area contributed by atoms with Gasteiger partial charge < -0.3 is 4.74 Å². The number of para-hydroxylation sites is 1. The van der Waals surface area contributed by atoms with E-state index in [1.54, 1.807) is 0 Å². The molecule has 1 aromatic carbocycles. The van der Waals surface area contributed by atoms with Crippen LogP contribution in [-0.4, -0.2) is 22.8 Å². The number of carbonyl (C=O) groups excluding carboxylic acids is 2. The van der Waals surface area contributed by atoms with E-state index in [2.05, 4.69) is 0 Å². The van der Waals surface area contributed by atoms with Crippen molar-refractivity contribution in [2.75, 3.05) is 0 Å². The van der Waals surface area contributed by atoms with Crippen LogP contribution in [0.4, 0.5) is 0 Å². The lowest BCUT2D eigenvalue weighted by atomic mass is 9.89. The Morgan fingerprint density at radius 3 is 2.71 bits per heavy atom. The lowest BCUT2D eigenvalue weighted by molar-refractivity contribution is -0.129. The van der Waals surface area contributed by atoms with E-state index in [0.717, 1.165) is 60.7 Å². The van der Waals surface area contributed by atoms with Crippen molar-refractivity contribution in [3.8, 4) is 0 Å². The molecule has 24 heavy (non-hydrogen) atoms. The van der Waals surface area contributed by atoms with Crippen molar-refractivity contribution in [2.45, 2.75) is 57.5 Å². The highest BCUT2D eigenvalue weighted by molar-refractivity contribution is 6.06. The molecule has 4 heteroatoms. The molecule has 0 unspecified atom stereocenters. The summed E-state index contributed by atoms with van der Waals surface area (Å²) in [6.07, 6.45) is 6.38. The van der Waals surface area contributed by atoms with Crippen LogP contribution in [0.5, 0.6) is 0 Å². The van der Waals surface area contributed by atoms with Crippen LogP contribution in [0, 0.1) is 0 Å². The molecule has 0 aliphatic heterocycles. The molecule has 124 valence electrons. The summed E-state index contributed by atoms with van der Waals surface area (Å²) >= 11 is 0. The zero-order chi connectivity index (χ0) is 16.5. The van der Waals surface area contributed by atoms with Crippen molar-refractivity contribution in [2.24, 2.45) is 0 Å². The molecule has 0 saturated heterocycles. The van der Waals surface area contributed by atoms with E-state index < -0.39 is 6.10 Å². The second kappa shape index (κ2) is 6.34. The number of aromatic nitrogens is 1. The van der Waals surface area contributed by atoms with Crippen LogP contribution < -0.4 is 0 Å². The minimum absolute atomic E-state index is 0.0572. The van der Waals surface area contributed by atoms with Crippen molar-refractivity contribution >= 4 is 22.7 Å². The second-order valence-corrected chi connectivity index (χ2v) is 6.74. The van der Waals surface area contributed by atoms with E-state index in [9.17, 15) is 9.59 Å². The maximum atomic E-state index is 12.9. The Labute approximate surface area is 141 Å². The number of ether oxygens (including phenoxy) is 1. The van der Waals surface area contributed by atoms with Gasteiger partial charge in [-0.05, 0) is 56.6 Å². The second-order valence-electron chi connectivity index (χ2n) is 6.74. The third-order valence-electron chi connectivity index (χ3n) is 5.12. The number of benzene rings is 1. The fraction of sp³-hybridized carbons (Fsp3) is 0.450. The summed E-state index contributed by atoms with van der Waals surface area (Å²) in [4.78, 5) is 29.7. The van der Waals surface area contributed by atoms with Crippen LogP contribution in [-0.2, 0) is 22.4 Å². The molecule has 2 aliphatic rings. The Morgan fingerprint density at radius 2 is 1.83 bits per heavy atom. The van der Waals surface area contributed by atoms with Gasteiger partial charge in [-0.2, -0.15) is 0 Å². The molecule has 0 N–H and O–H groups in total. The van der Waals surface area contributed by atoms with Gasteiger partial charge in [0.25, 0.3) is 0 Å². The van der Waals surface area contributed by atoms with Gasteiger partial charge in [-0.25, -0.2) is 4.79 Å². The van der Waals surface area contributed by atoms with Crippen LogP contribution in [0.3, 0.4) is 0 Å². The van der Waals surface area contributed by atoms with Crippen molar-refractivity contribution in [3.63, 3.8) is 0 Å². The maximum Gasteiger partial charge on any atom is 0.339 e. The minimum Gasteiger partial charge on any atom is -0.451 e. The van der Waals surface area contributed by atoms with Crippen LogP contribution in [0.25, 0.3) is 10.9 Å². The number of ketones is 1. The first-order valence-corrected chi connectivity index (χ1v) is 8.88. The molecule has 1 saturated carbocycles. The molecule has 1 heterocycles. The van der Waals surface area contributed by atoms with Gasteiger partial charge >= 0.3 is 5.97 Å². The fourth-order valence-corrected chi connectivity index (χ4v) is 3.87. The van der Waals surface area contributed by atoms with E-state index in [1.165, 1.54) is 0 Å². The van der Waals surface area contributed by atoms with Gasteiger partial charge in [-0.3, -0.25) is 9.78 Å². The summed E-state index contributed by atoms with van der Waals surface area (Å²) in [5, 5.41) is 0.839. The van der Waals surface area contributed by atoms with Crippen molar-refractivity contribution in [3.05, 3.63) is 41.1 Å². The summed E-state index contributed by atoms with van der Waals surface area (Å²) in [5.74, 6) is -0.297. The van der Waals surface area contributed by atoms with Crippen molar-refractivity contribution in [1.82, 2.24) is 4.98 Å². The van der Waals surface area contributed by atoms with Gasteiger partial charge in [0.15, 0.2) is 11.9 Å². The molecule has 1 atom stereocenters. The maximum absolute atomic E-state index is 12.9. The van der Waals surface area contributed by atoms with E-state index in [0.29, 0.717) is 18.4 Å². The quantitative estimate of drug-likeness (QED) is 0.789. The largest absolute Gasteiger partial charge is 0.451 e. The normalized spacial score (nSPS) is 20.7. The van der Waals surface area contributed by atoms with E-state index in [4.69, 9.17) is 9.72 Å². The Hall–Kier alpha value is -2.23. The molecule has 2 aliphatic carbocycles. The third-order valence-corrected chi connectivity index (χ3v) is 5.12. The smallest absolute Gasteiger partial charge is 0.339 e. The van der Waals surface area contributed by atoms with Crippen LogP contribution in [0.15, 0.2) is 24.3 Å². The van der Waals surface area contributed by atoms with Crippen LogP contribution in [0.1, 0.15) is 60.1 Å². The molecule has 0 radical (unpaired) electrons. The molecule has 2 aromatic rings. The molecule has 0 spiro atoms. The van der Waals surface area contributed by atoms with Crippen LogP contribution >= 0.6 is 0 Å². The lowest BCUT2D eigenvalue weighted by Gasteiger charge is -2.23. The summed E-state index contributed by atoms with van der Waals surface area (Å²) in [7, 11) is 0. The first-order chi connectivity index (χ1) is 11.7. The van der Waals surface area contributed by atoms with E-state index in [-0.39, 0.29) is 11.8 Å². The standard InChI is InChI=1S/C20H21NO3/c22-17-11-5-6-12-18(17)24-20(23)19-13-7-1-3-9-15(13)21-16-10-4-2-8-14(16)19/h1,3,7,9,18H,2,4-6,8,10-12H2/t18-/m0/s1. The first-order valence-electron chi connectivity index (χ1n) is 8.88. The average molecular weight is 323 g/mol. The third kappa shape index (κ3) is 2.70. The molecular formula is C20H21NO3. The summed E-state index contributed by atoms with van der Waals surface area (Å²) in [5.41, 5.74) is 3.50. The molecule has 0 bridgehead atoms. The van der Waals surface area contributed by atoms with Crippen molar-refractivity contribution < 1.29 is 14.3 Å². The zero-order valence-corrected chi connectivity index (χ0v) is 13.7. The lowest BCUT2D eigenvalue weighted by Crippen LogP contribution is -2.30. The summed E-state index contributed by atoms with van der Waals surface area (Å²) in [6, 6.07) is 7.72. The number of hydrogen-bond donors (Lipinski definition) is 0. The number of carbonyl (C=O) groups is 2. The number of nitrogens with zero attached hydrogens (tertiary/aromatic N) is 1. The number of pyridine rings is 1. The number of rotatable bonds is 2. The van der Waals surface area contributed by atoms with Crippen LogP contribution in [0.2, 0.25) is 0 Å². The fourth-order valence-electron chi connectivity index (χ4n) is 3.87. The predicted molar refractivity (Wildman–Crippen MR) is 91.1 cm³/mol. The molecule has 1 aromatic heterocycles. The predicted octanol–water partition coefficient (Wildman–Crippen LogP) is 3.78. The monoisotopic (exact) mass is 323 g/mol.